The minimum absolute atomic E-state index is 0.145. The smallest absolute Gasteiger partial charge is 0.128 e. The average molecular weight is 206 g/mol. The molecule has 0 bridgehead atoms. The van der Waals surface area contributed by atoms with Crippen molar-refractivity contribution in [1.29, 1.82) is 0 Å². The summed E-state index contributed by atoms with van der Waals surface area (Å²) in [6, 6.07) is 2.12. The van der Waals surface area contributed by atoms with Gasteiger partial charge in [0, 0.05) is 11.8 Å². The van der Waals surface area contributed by atoms with E-state index in [0.29, 0.717) is 5.82 Å². The van der Waals surface area contributed by atoms with Crippen LogP contribution in [0.15, 0.2) is 12.3 Å². The largest absolute Gasteiger partial charge is 0.383 e. The fraction of sp³-hybridized carbons (Fsp3) is 0.545. The third-order valence-corrected chi connectivity index (χ3v) is 3.05. The highest BCUT2D eigenvalue weighted by atomic mass is 15.2. The Morgan fingerprint density at radius 2 is 2.33 bits per heavy atom. The summed E-state index contributed by atoms with van der Waals surface area (Å²) in [5.41, 5.74) is 11.0. The highest BCUT2D eigenvalue weighted by Gasteiger charge is 2.27. The van der Waals surface area contributed by atoms with Gasteiger partial charge in [-0.2, -0.15) is 0 Å². The van der Waals surface area contributed by atoms with Gasteiger partial charge in [-0.3, -0.25) is 11.3 Å². The van der Waals surface area contributed by atoms with Crippen molar-refractivity contribution < 1.29 is 0 Å². The first-order valence-corrected chi connectivity index (χ1v) is 5.39. The molecule has 1 aliphatic rings. The number of hydrazine groups is 1. The van der Waals surface area contributed by atoms with Crippen LogP contribution < -0.4 is 17.0 Å². The van der Waals surface area contributed by atoms with E-state index in [1.54, 1.807) is 6.20 Å². The molecule has 4 nitrogen and oxygen atoms in total. The van der Waals surface area contributed by atoms with Crippen molar-refractivity contribution >= 4 is 5.82 Å². The molecule has 1 fully saturated rings. The topological polar surface area (TPSA) is 77.0 Å². The van der Waals surface area contributed by atoms with Crippen LogP contribution in [0.4, 0.5) is 5.82 Å². The second kappa shape index (κ2) is 4.16. The number of hydrogen-bond acceptors (Lipinski definition) is 4. The highest BCUT2D eigenvalue weighted by Crippen LogP contribution is 2.38. The van der Waals surface area contributed by atoms with E-state index in [1.807, 2.05) is 13.0 Å². The van der Waals surface area contributed by atoms with Crippen molar-refractivity contribution in [1.82, 2.24) is 10.4 Å². The van der Waals surface area contributed by atoms with Gasteiger partial charge in [0.25, 0.3) is 0 Å². The molecule has 1 atom stereocenters. The van der Waals surface area contributed by atoms with Gasteiger partial charge in [0.15, 0.2) is 0 Å². The summed E-state index contributed by atoms with van der Waals surface area (Å²) < 4.78 is 0. The van der Waals surface area contributed by atoms with E-state index in [4.69, 9.17) is 11.6 Å². The summed E-state index contributed by atoms with van der Waals surface area (Å²) in [5, 5.41) is 0. The Kier molecular flexibility index (Phi) is 2.88. The average Bonchev–Trinajstić information content (AvgIpc) is 2.99. The molecule has 2 rings (SSSR count). The summed E-state index contributed by atoms with van der Waals surface area (Å²) in [6.07, 6.45) is 5.43. The summed E-state index contributed by atoms with van der Waals surface area (Å²) in [4.78, 5) is 4.12. The van der Waals surface area contributed by atoms with Gasteiger partial charge in [0.2, 0.25) is 0 Å². The number of pyridine rings is 1. The number of nitrogens with one attached hydrogen (secondary N) is 1. The van der Waals surface area contributed by atoms with E-state index in [2.05, 4.69) is 10.4 Å². The van der Waals surface area contributed by atoms with Gasteiger partial charge in [0.1, 0.15) is 5.82 Å². The van der Waals surface area contributed by atoms with Crippen molar-refractivity contribution in [2.45, 2.75) is 32.2 Å². The fourth-order valence-corrected chi connectivity index (χ4v) is 2.00. The molecule has 5 N–H and O–H groups in total. The Bertz CT molecular complexity index is 326. The molecular weight excluding hydrogens is 188 g/mol. The van der Waals surface area contributed by atoms with Crippen molar-refractivity contribution in [2.75, 3.05) is 5.73 Å². The zero-order valence-electron chi connectivity index (χ0n) is 9.03. The molecule has 1 aromatic rings. The Hall–Kier alpha value is -1.13. The van der Waals surface area contributed by atoms with Crippen LogP contribution in [0.1, 0.15) is 36.4 Å². The minimum atomic E-state index is 0.145. The molecular formula is C11H18N4. The predicted octanol–water partition coefficient (Wildman–Crippen LogP) is 1.28. The molecule has 0 saturated heterocycles. The predicted molar refractivity (Wildman–Crippen MR) is 60.8 cm³/mol. The number of nitrogens with two attached hydrogens (primary N) is 2. The number of hydrogen-bond donors (Lipinski definition) is 3. The highest BCUT2D eigenvalue weighted by molar-refractivity contribution is 5.46. The van der Waals surface area contributed by atoms with Crippen LogP contribution in [0.5, 0.6) is 0 Å². The van der Waals surface area contributed by atoms with Crippen molar-refractivity contribution in [3.05, 3.63) is 23.4 Å². The van der Waals surface area contributed by atoms with Crippen LogP contribution in [0.25, 0.3) is 0 Å². The lowest BCUT2D eigenvalue weighted by Gasteiger charge is -2.19. The van der Waals surface area contributed by atoms with Crippen LogP contribution in [-0.2, 0) is 0 Å². The summed E-state index contributed by atoms with van der Waals surface area (Å²) in [5.74, 6) is 6.99. The van der Waals surface area contributed by atoms with Crippen LogP contribution in [0, 0.1) is 12.8 Å². The normalized spacial score (nSPS) is 17.7. The van der Waals surface area contributed by atoms with Crippen LogP contribution >= 0.6 is 0 Å². The number of aromatic nitrogens is 1. The lowest BCUT2D eigenvalue weighted by molar-refractivity contribution is 0.485. The van der Waals surface area contributed by atoms with Crippen LogP contribution in [0.3, 0.4) is 0 Å². The maximum absolute atomic E-state index is 5.89. The van der Waals surface area contributed by atoms with Crippen molar-refractivity contribution in [3.8, 4) is 0 Å². The maximum Gasteiger partial charge on any atom is 0.128 e. The lowest BCUT2D eigenvalue weighted by atomic mass is 9.98. The van der Waals surface area contributed by atoms with E-state index in [0.717, 1.165) is 23.5 Å². The molecule has 0 aromatic carbocycles. The Morgan fingerprint density at radius 3 is 2.87 bits per heavy atom. The zero-order valence-corrected chi connectivity index (χ0v) is 9.03. The molecule has 1 heterocycles. The molecule has 15 heavy (non-hydrogen) atoms. The molecule has 1 unspecified atom stereocenters. The number of rotatable bonds is 4. The standard InChI is InChI=1S/C11H18N4/c1-7-4-5-14-11(12)10(7)9(15-13)6-8-2-3-8/h4-5,8-9,15H,2-3,6,13H2,1H3,(H2,12,14). The molecule has 0 radical (unpaired) electrons. The Morgan fingerprint density at radius 1 is 1.60 bits per heavy atom. The molecule has 1 aromatic heterocycles. The second-order valence-corrected chi connectivity index (χ2v) is 4.33. The van der Waals surface area contributed by atoms with Gasteiger partial charge in [-0.15, -0.1) is 0 Å². The first-order valence-electron chi connectivity index (χ1n) is 5.39. The van der Waals surface area contributed by atoms with E-state index in [-0.39, 0.29) is 6.04 Å². The van der Waals surface area contributed by atoms with Gasteiger partial charge in [-0.25, -0.2) is 4.98 Å². The number of nitrogens with zero attached hydrogens (tertiary/aromatic N) is 1. The SMILES string of the molecule is Cc1ccnc(N)c1C(CC1CC1)NN. The van der Waals surface area contributed by atoms with Crippen LogP contribution in [0.2, 0.25) is 0 Å². The van der Waals surface area contributed by atoms with Gasteiger partial charge in [-0.05, 0) is 30.9 Å². The summed E-state index contributed by atoms with van der Waals surface area (Å²) >= 11 is 0. The van der Waals surface area contributed by atoms with Gasteiger partial charge < -0.3 is 5.73 Å². The Labute approximate surface area is 90.0 Å². The zero-order chi connectivity index (χ0) is 10.8. The third-order valence-electron chi connectivity index (χ3n) is 3.05. The molecule has 4 heteroatoms. The Balaban J connectivity index is 2.23. The van der Waals surface area contributed by atoms with Gasteiger partial charge >= 0.3 is 0 Å². The van der Waals surface area contributed by atoms with Crippen molar-refractivity contribution in [3.63, 3.8) is 0 Å². The molecule has 82 valence electrons. The van der Waals surface area contributed by atoms with Gasteiger partial charge in [-0.1, -0.05) is 12.8 Å². The molecule has 1 aliphatic carbocycles. The summed E-state index contributed by atoms with van der Waals surface area (Å²) in [6.45, 7) is 2.05. The fourth-order valence-electron chi connectivity index (χ4n) is 2.00. The maximum atomic E-state index is 5.89. The molecule has 0 amide bonds. The first kappa shape index (κ1) is 10.4. The molecule has 0 spiro atoms. The molecule has 1 saturated carbocycles. The first-order chi connectivity index (χ1) is 7.22. The van der Waals surface area contributed by atoms with E-state index < -0.39 is 0 Å². The minimum Gasteiger partial charge on any atom is -0.383 e. The third kappa shape index (κ3) is 2.27. The second-order valence-electron chi connectivity index (χ2n) is 4.33. The molecule has 0 aliphatic heterocycles. The number of nitrogen functional groups attached to an aromatic ring is 1. The van der Waals surface area contributed by atoms with E-state index in [1.165, 1.54) is 12.8 Å². The number of anilines is 1. The summed E-state index contributed by atoms with van der Waals surface area (Å²) in [7, 11) is 0. The van der Waals surface area contributed by atoms with E-state index in [9.17, 15) is 0 Å². The number of aryl methyl sites for hydroxylation is 1. The van der Waals surface area contributed by atoms with E-state index >= 15 is 0 Å². The monoisotopic (exact) mass is 206 g/mol. The quantitative estimate of drug-likeness (QED) is 0.512. The van der Waals surface area contributed by atoms with Gasteiger partial charge in [0.05, 0.1) is 6.04 Å². The van der Waals surface area contributed by atoms with Crippen molar-refractivity contribution in [2.24, 2.45) is 11.8 Å². The van der Waals surface area contributed by atoms with Crippen LogP contribution in [-0.4, -0.2) is 4.98 Å². The lowest BCUT2D eigenvalue weighted by Crippen LogP contribution is -2.29.